The highest BCUT2D eigenvalue weighted by molar-refractivity contribution is 6.05. The van der Waals surface area contributed by atoms with Crippen LogP contribution in [-0.4, -0.2) is 57.5 Å². The molecule has 1 aliphatic rings. The molecule has 4 rings (SSSR count). The predicted molar refractivity (Wildman–Crippen MR) is 152 cm³/mol. The van der Waals surface area contributed by atoms with Gasteiger partial charge in [-0.05, 0) is 60.5 Å². The second-order valence-electron chi connectivity index (χ2n) is 9.50. The molecular weight excluding hydrogens is 530 g/mol. The molecule has 1 atom stereocenters. The molecule has 12 heteroatoms. The molecule has 1 unspecified atom stereocenters. The molecule has 41 heavy (non-hydrogen) atoms. The Morgan fingerprint density at radius 2 is 1.59 bits per heavy atom. The van der Waals surface area contributed by atoms with Gasteiger partial charge in [0, 0.05) is 41.4 Å². The van der Waals surface area contributed by atoms with Crippen molar-refractivity contribution in [3.63, 3.8) is 0 Å². The van der Waals surface area contributed by atoms with E-state index >= 15 is 0 Å². The van der Waals surface area contributed by atoms with Crippen LogP contribution in [0, 0.1) is 6.92 Å². The average Bonchev–Trinajstić information content (AvgIpc) is 3.05. The molecule has 3 aromatic rings. The summed E-state index contributed by atoms with van der Waals surface area (Å²) in [6.45, 7) is 1.88. The lowest BCUT2D eigenvalue weighted by atomic mass is 10.1. The number of nitrogens with one attached hydrogen (secondary N) is 4. The van der Waals surface area contributed by atoms with E-state index in [1.54, 1.807) is 42.5 Å². The summed E-state index contributed by atoms with van der Waals surface area (Å²) >= 11 is 0. The van der Waals surface area contributed by atoms with Crippen LogP contribution in [0.1, 0.15) is 34.3 Å². The Labute approximate surface area is 235 Å². The van der Waals surface area contributed by atoms with E-state index in [-0.39, 0.29) is 25.1 Å². The molecule has 1 aliphatic heterocycles. The molecule has 0 aromatic heterocycles. The number of carbonyl (C=O) groups excluding carboxylic acids is 3. The number of aryl methyl sites for hydroxylation is 1. The molecule has 4 amide bonds. The fourth-order valence-corrected chi connectivity index (χ4v) is 4.31. The molecule has 6 N–H and O–H groups in total. The molecule has 0 saturated carbocycles. The van der Waals surface area contributed by atoms with Crippen LogP contribution < -0.4 is 21.3 Å². The summed E-state index contributed by atoms with van der Waals surface area (Å²) in [7, 11) is 0. The van der Waals surface area contributed by atoms with Gasteiger partial charge in [0.15, 0.2) is 0 Å². The maximum atomic E-state index is 13.0. The first-order chi connectivity index (χ1) is 19.6. The fourth-order valence-electron chi connectivity index (χ4n) is 4.31. The summed E-state index contributed by atoms with van der Waals surface area (Å²) < 4.78 is 0. The number of para-hydroxylation sites is 1. The standard InChI is InChI=1S/C29H29N5O7/c1-17-4-2-3-5-22(17)33-29(41)31-21-10-8-20(9-11-21)30-27(39)18-6-7-19-16-34(13-12-25(35)36)28(40)24(15-26(37)38)32-23(19)14-18/h2-11,14,24,32H,12-13,15-16H2,1H3,(H,30,39)(H,35,36)(H,37,38)(H2,31,33,41). The highest BCUT2D eigenvalue weighted by atomic mass is 16.4. The topological polar surface area (TPSA) is 177 Å². The number of anilines is 4. The number of aliphatic carboxylic acids is 2. The number of carbonyl (C=O) groups is 5. The monoisotopic (exact) mass is 559 g/mol. The van der Waals surface area contributed by atoms with E-state index in [0.29, 0.717) is 28.3 Å². The highest BCUT2D eigenvalue weighted by Gasteiger charge is 2.31. The van der Waals surface area contributed by atoms with E-state index in [2.05, 4.69) is 21.3 Å². The molecule has 0 bridgehead atoms. The third-order valence-electron chi connectivity index (χ3n) is 6.44. The lowest BCUT2D eigenvalue weighted by molar-refractivity contribution is -0.143. The van der Waals surface area contributed by atoms with Gasteiger partial charge < -0.3 is 36.4 Å². The Morgan fingerprint density at radius 3 is 2.24 bits per heavy atom. The van der Waals surface area contributed by atoms with Crippen molar-refractivity contribution < 1.29 is 34.2 Å². The first kappa shape index (κ1) is 28.6. The van der Waals surface area contributed by atoms with Crippen molar-refractivity contribution in [2.24, 2.45) is 0 Å². The number of rotatable bonds is 9. The average molecular weight is 560 g/mol. The van der Waals surface area contributed by atoms with Crippen molar-refractivity contribution in [3.05, 3.63) is 83.4 Å². The molecule has 0 fully saturated rings. The van der Waals surface area contributed by atoms with Crippen molar-refractivity contribution in [3.8, 4) is 0 Å². The van der Waals surface area contributed by atoms with Crippen LogP contribution in [0.5, 0.6) is 0 Å². The second kappa shape index (κ2) is 12.6. The number of carboxylic acid groups (broad SMARTS) is 2. The number of benzene rings is 3. The van der Waals surface area contributed by atoms with E-state index in [1.165, 1.54) is 11.0 Å². The Kier molecular flexibility index (Phi) is 8.82. The first-order valence-corrected chi connectivity index (χ1v) is 12.8. The van der Waals surface area contributed by atoms with E-state index in [4.69, 9.17) is 5.11 Å². The molecule has 0 saturated heterocycles. The Bertz CT molecular complexity index is 1490. The Balaban J connectivity index is 1.43. The molecule has 0 aliphatic carbocycles. The molecule has 12 nitrogen and oxygen atoms in total. The van der Waals surface area contributed by atoms with Gasteiger partial charge in [0.05, 0.1) is 12.8 Å². The van der Waals surface area contributed by atoms with Crippen LogP contribution in [0.25, 0.3) is 0 Å². The number of amides is 4. The van der Waals surface area contributed by atoms with Gasteiger partial charge in [-0.1, -0.05) is 24.3 Å². The molecule has 3 aromatic carbocycles. The molecule has 212 valence electrons. The summed E-state index contributed by atoms with van der Waals surface area (Å²) in [6.07, 6.45) is -0.797. The predicted octanol–water partition coefficient (Wildman–Crippen LogP) is 3.96. The van der Waals surface area contributed by atoms with Crippen molar-refractivity contribution in [1.29, 1.82) is 0 Å². The summed E-state index contributed by atoms with van der Waals surface area (Å²) in [5.74, 6) is -3.25. The maximum Gasteiger partial charge on any atom is 0.323 e. The fraction of sp³-hybridized carbons (Fsp3) is 0.207. The zero-order valence-corrected chi connectivity index (χ0v) is 22.1. The number of hydrogen-bond donors (Lipinski definition) is 6. The summed E-state index contributed by atoms with van der Waals surface area (Å²) in [4.78, 5) is 62.0. The quantitative estimate of drug-likeness (QED) is 0.228. The third-order valence-corrected chi connectivity index (χ3v) is 6.44. The van der Waals surface area contributed by atoms with Crippen LogP contribution in [0.2, 0.25) is 0 Å². The minimum Gasteiger partial charge on any atom is -0.481 e. The Morgan fingerprint density at radius 1 is 0.902 bits per heavy atom. The summed E-state index contributed by atoms with van der Waals surface area (Å²) in [6, 6.07) is 17.1. The first-order valence-electron chi connectivity index (χ1n) is 12.8. The molecule has 1 heterocycles. The lowest BCUT2D eigenvalue weighted by Gasteiger charge is -2.23. The van der Waals surface area contributed by atoms with Crippen molar-refractivity contribution in [2.75, 3.05) is 27.8 Å². The zero-order chi connectivity index (χ0) is 29.5. The van der Waals surface area contributed by atoms with Crippen molar-refractivity contribution in [1.82, 2.24) is 4.90 Å². The van der Waals surface area contributed by atoms with Crippen LogP contribution in [0.4, 0.5) is 27.5 Å². The van der Waals surface area contributed by atoms with E-state index in [0.717, 1.165) is 5.56 Å². The van der Waals surface area contributed by atoms with Crippen molar-refractivity contribution in [2.45, 2.75) is 32.4 Å². The van der Waals surface area contributed by atoms with Gasteiger partial charge in [0.1, 0.15) is 6.04 Å². The largest absolute Gasteiger partial charge is 0.481 e. The van der Waals surface area contributed by atoms with Gasteiger partial charge in [0.2, 0.25) is 5.91 Å². The number of nitrogens with zero attached hydrogens (tertiary/aromatic N) is 1. The van der Waals surface area contributed by atoms with Crippen molar-refractivity contribution >= 4 is 52.5 Å². The SMILES string of the molecule is Cc1ccccc1NC(=O)Nc1ccc(NC(=O)c2ccc3c(c2)NC(CC(=O)O)C(=O)N(CCC(=O)O)C3)cc1. The van der Waals surface area contributed by atoms with Crippen LogP contribution in [0.3, 0.4) is 0 Å². The Hall–Kier alpha value is -5.39. The molecule has 0 spiro atoms. The van der Waals surface area contributed by atoms with Crippen LogP contribution in [0.15, 0.2) is 66.7 Å². The van der Waals surface area contributed by atoms with E-state index in [9.17, 15) is 29.1 Å². The minimum absolute atomic E-state index is 0.0678. The van der Waals surface area contributed by atoms with E-state index < -0.39 is 42.2 Å². The van der Waals surface area contributed by atoms with Crippen LogP contribution >= 0.6 is 0 Å². The normalized spacial score (nSPS) is 14.2. The molecule has 0 radical (unpaired) electrons. The lowest BCUT2D eigenvalue weighted by Crippen LogP contribution is -2.42. The number of carboxylic acids is 2. The minimum atomic E-state index is -1.20. The van der Waals surface area contributed by atoms with Gasteiger partial charge in [-0.25, -0.2) is 4.79 Å². The third kappa shape index (κ3) is 7.60. The number of hydrogen-bond acceptors (Lipinski definition) is 6. The van der Waals surface area contributed by atoms with Gasteiger partial charge in [-0.2, -0.15) is 0 Å². The highest BCUT2D eigenvalue weighted by Crippen LogP contribution is 2.26. The maximum absolute atomic E-state index is 13.0. The van der Waals surface area contributed by atoms with Gasteiger partial charge in [-0.15, -0.1) is 0 Å². The van der Waals surface area contributed by atoms with Crippen LogP contribution in [-0.2, 0) is 20.9 Å². The summed E-state index contributed by atoms with van der Waals surface area (Å²) in [5.41, 5.74) is 3.90. The van der Waals surface area contributed by atoms with E-state index in [1.807, 2.05) is 25.1 Å². The smallest absolute Gasteiger partial charge is 0.323 e. The van der Waals surface area contributed by atoms with Gasteiger partial charge in [-0.3, -0.25) is 19.2 Å². The zero-order valence-electron chi connectivity index (χ0n) is 22.1. The number of fused-ring (bicyclic) bond motifs is 1. The number of urea groups is 1. The molecular formula is C29H29N5O7. The summed E-state index contributed by atoms with van der Waals surface area (Å²) in [5, 5.41) is 29.5. The second-order valence-corrected chi connectivity index (χ2v) is 9.50. The van der Waals surface area contributed by atoms with Gasteiger partial charge >= 0.3 is 18.0 Å². The van der Waals surface area contributed by atoms with Gasteiger partial charge in [0.25, 0.3) is 5.91 Å².